The first-order valence-corrected chi connectivity index (χ1v) is 12.6. The molecule has 2 heterocycles. The smallest absolute Gasteiger partial charge is 0.274 e. The van der Waals surface area contributed by atoms with E-state index in [-0.39, 0.29) is 5.56 Å². The molecule has 0 fully saturated rings. The summed E-state index contributed by atoms with van der Waals surface area (Å²) in [5, 5.41) is 0. The van der Waals surface area contributed by atoms with Crippen LogP contribution in [0.5, 0.6) is 11.5 Å². The van der Waals surface area contributed by atoms with E-state index in [2.05, 4.69) is 44.0 Å². The lowest BCUT2D eigenvalue weighted by molar-refractivity contribution is 0.215. The first-order valence-electron chi connectivity index (χ1n) is 11.8. The van der Waals surface area contributed by atoms with Crippen LogP contribution in [0.4, 0.5) is 0 Å². The summed E-state index contributed by atoms with van der Waals surface area (Å²) in [4.78, 5) is 18.5. The van der Waals surface area contributed by atoms with E-state index in [0.717, 1.165) is 33.7 Å². The van der Waals surface area contributed by atoms with Crippen LogP contribution in [0.2, 0.25) is 0 Å². The van der Waals surface area contributed by atoms with Crippen LogP contribution in [0.3, 0.4) is 0 Å². The Bertz CT molecular complexity index is 1630. The lowest BCUT2D eigenvalue weighted by atomic mass is 10.0. The molecule has 5 nitrogen and oxygen atoms in total. The molecule has 3 aromatic carbocycles. The van der Waals surface area contributed by atoms with E-state index in [4.69, 9.17) is 9.47 Å². The number of hydrogen-bond donors (Lipinski definition) is 0. The Morgan fingerprint density at radius 3 is 2.46 bits per heavy atom. The lowest BCUT2D eigenvalue weighted by Gasteiger charge is -2.16. The van der Waals surface area contributed by atoms with E-state index >= 15 is 0 Å². The van der Waals surface area contributed by atoms with Crippen molar-refractivity contribution in [2.75, 3.05) is 13.2 Å². The first kappa shape index (κ1) is 23.1. The SMILES string of the molecule is Cc1ccc(OCCOc2cc(C)ccc2C(C)C)c(C=c2sc3nc4ccccc4n3c2=O)c1. The van der Waals surface area contributed by atoms with Gasteiger partial charge in [-0.3, -0.25) is 4.79 Å². The van der Waals surface area contributed by atoms with Crippen LogP contribution in [-0.4, -0.2) is 22.6 Å². The van der Waals surface area contributed by atoms with Crippen LogP contribution in [0, 0.1) is 13.8 Å². The van der Waals surface area contributed by atoms with Crippen LogP contribution < -0.4 is 19.6 Å². The summed E-state index contributed by atoms with van der Waals surface area (Å²) in [6, 6.07) is 20.0. The summed E-state index contributed by atoms with van der Waals surface area (Å²) >= 11 is 1.39. The summed E-state index contributed by atoms with van der Waals surface area (Å²) in [7, 11) is 0. The molecule has 0 radical (unpaired) electrons. The Balaban J connectivity index is 1.39. The van der Waals surface area contributed by atoms with Gasteiger partial charge in [0.05, 0.1) is 15.6 Å². The highest BCUT2D eigenvalue weighted by molar-refractivity contribution is 7.15. The average molecular weight is 485 g/mol. The third-order valence-corrected chi connectivity index (χ3v) is 6.96. The van der Waals surface area contributed by atoms with Crippen molar-refractivity contribution < 1.29 is 9.47 Å². The average Bonchev–Trinajstić information content (AvgIpc) is 3.33. The quantitative estimate of drug-likeness (QED) is 0.280. The summed E-state index contributed by atoms with van der Waals surface area (Å²) in [5.41, 5.74) is 5.93. The number of nitrogens with zero attached hydrogens (tertiary/aromatic N) is 2. The molecular weight excluding hydrogens is 456 g/mol. The molecule has 0 aliphatic heterocycles. The molecule has 0 amide bonds. The molecule has 2 aromatic heterocycles. The predicted molar refractivity (Wildman–Crippen MR) is 143 cm³/mol. The van der Waals surface area contributed by atoms with Gasteiger partial charge in [0.2, 0.25) is 0 Å². The highest BCUT2D eigenvalue weighted by Gasteiger charge is 2.12. The van der Waals surface area contributed by atoms with Crippen molar-refractivity contribution in [1.29, 1.82) is 0 Å². The maximum Gasteiger partial charge on any atom is 0.274 e. The summed E-state index contributed by atoms with van der Waals surface area (Å²) in [5.74, 6) is 2.02. The van der Waals surface area contributed by atoms with Crippen molar-refractivity contribution in [1.82, 2.24) is 9.38 Å². The second-order valence-corrected chi connectivity index (χ2v) is 10.1. The van der Waals surface area contributed by atoms with Gasteiger partial charge >= 0.3 is 0 Å². The molecule has 0 atom stereocenters. The molecule has 5 aromatic rings. The van der Waals surface area contributed by atoms with Crippen molar-refractivity contribution in [2.45, 2.75) is 33.6 Å². The van der Waals surface area contributed by atoms with Gasteiger partial charge in [-0.25, -0.2) is 9.38 Å². The molecule has 0 saturated carbocycles. The Morgan fingerprint density at radius 1 is 0.943 bits per heavy atom. The number of ether oxygens (including phenoxy) is 2. The molecule has 0 saturated heterocycles. The summed E-state index contributed by atoms with van der Waals surface area (Å²) < 4.78 is 14.5. The van der Waals surface area contributed by atoms with Gasteiger partial charge in [0.25, 0.3) is 5.56 Å². The summed E-state index contributed by atoms with van der Waals surface area (Å²) in [6.07, 6.45) is 1.90. The van der Waals surface area contributed by atoms with Gasteiger partial charge in [-0.2, -0.15) is 0 Å². The molecule has 0 aliphatic rings. The Labute approximate surface area is 208 Å². The Morgan fingerprint density at radius 2 is 1.66 bits per heavy atom. The number of aryl methyl sites for hydroxylation is 2. The molecule has 35 heavy (non-hydrogen) atoms. The zero-order chi connectivity index (χ0) is 24.5. The fourth-order valence-electron chi connectivity index (χ4n) is 4.21. The molecule has 0 unspecified atom stereocenters. The van der Waals surface area contributed by atoms with Gasteiger partial charge in [0.1, 0.15) is 24.7 Å². The molecule has 0 spiro atoms. The Hall–Kier alpha value is -3.64. The number of aromatic nitrogens is 2. The Kier molecular flexibility index (Phi) is 6.31. The second-order valence-electron chi connectivity index (χ2n) is 9.07. The van der Waals surface area contributed by atoms with Crippen molar-refractivity contribution >= 4 is 33.4 Å². The van der Waals surface area contributed by atoms with Gasteiger partial charge in [-0.15, -0.1) is 0 Å². The summed E-state index contributed by atoms with van der Waals surface area (Å²) in [6.45, 7) is 9.26. The third-order valence-electron chi connectivity index (χ3n) is 5.99. The van der Waals surface area contributed by atoms with E-state index in [1.54, 1.807) is 4.40 Å². The molecule has 178 valence electrons. The number of thiazole rings is 1. The van der Waals surface area contributed by atoms with Gasteiger partial charge in [-0.1, -0.05) is 61.1 Å². The highest BCUT2D eigenvalue weighted by Crippen LogP contribution is 2.28. The van der Waals surface area contributed by atoms with Gasteiger partial charge in [-0.05, 0) is 67.3 Å². The predicted octanol–water partition coefficient (Wildman–Crippen LogP) is 5.65. The van der Waals surface area contributed by atoms with E-state index < -0.39 is 0 Å². The van der Waals surface area contributed by atoms with Crippen LogP contribution in [0.25, 0.3) is 22.1 Å². The van der Waals surface area contributed by atoms with Gasteiger partial charge in [0.15, 0.2) is 4.96 Å². The topological polar surface area (TPSA) is 52.8 Å². The van der Waals surface area contributed by atoms with Gasteiger partial charge in [0, 0.05) is 5.56 Å². The third kappa shape index (κ3) is 4.66. The number of hydrogen-bond acceptors (Lipinski definition) is 5. The fourth-order valence-corrected chi connectivity index (χ4v) is 5.19. The second kappa shape index (κ2) is 9.55. The lowest BCUT2D eigenvalue weighted by Crippen LogP contribution is -2.22. The van der Waals surface area contributed by atoms with E-state index in [9.17, 15) is 4.79 Å². The number of imidazole rings is 1. The minimum atomic E-state index is -0.0600. The van der Waals surface area contributed by atoms with E-state index in [1.807, 2.05) is 55.5 Å². The normalized spacial score (nSPS) is 12.2. The van der Waals surface area contributed by atoms with Crippen molar-refractivity contribution in [3.63, 3.8) is 0 Å². The molecule has 0 N–H and O–H groups in total. The zero-order valence-corrected chi connectivity index (χ0v) is 21.2. The standard InChI is InChI=1S/C29H28N2O3S/c1-18(2)22-11-9-20(4)16-26(22)34-14-13-33-25-12-10-19(3)15-21(25)17-27-28(32)31-24-8-6-5-7-23(24)30-29(31)35-27/h5-12,15-18H,13-14H2,1-4H3. The van der Waals surface area contributed by atoms with Crippen LogP contribution in [0.15, 0.2) is 65.5 Å². The minimum Gasteiger partial charge on any atom is -0.490 e. The van der Waals surface area contributed by atoms with Gasteiger partial charge < -0.3 is 9.47 Å². The number of fused-ring (bicyclic) bond motifs is 3. The van der Waals surface area contributed by atoms with E-state index in [1.165, 1.54) is 22.5 Å². The number of benzene rings is 3. The minimum absolute atomic E-state index is 0.0600. The monoisotopic (exact) mass is 484 g/mol. The molecular formula is C29H28N2O3S. The maximum atomic E-state index is 13.2. The van der Waals surface area contributed by atoms with Crippen LogP contribution >= 0.6 is 11.3 Å². The zero-order valence-electron chi connectivity index (χ0n) is 20.4. The maximum absolute atomic E-state index is 13.2. The number of rotatable bonds is 7. The van der Waals surface area contributed by atoms with Crippen molar-refractivity contribution in [2.24, 2.45) is 0 Å². The largest absolute Gasteiger partial charge is 0.490 e. The van der Waals surface area contributed by atoms with Crippen LogP contribution in [0.1, 0.15) is 42.0 Å². The van der Waals surface area contributed by atoms with Crippen molar-refractivity contribution in [3.8, 4) is 11.5 Å². The first-order chi connectivity index (χ1) is 16.9. The molecule has 6 heteroatoms. The fraction of sp³-hybridized carbons (Fsp3) is 0.241. The van der Waals surface area contributed by atoms with Crippen molar-refractivity contribution in [3.05, 3.63) is 97.8 Å². The van der Waals surface area contributed by atoms with Crippen LogP contribution in [-0.2, 0) is 0 Å². The molecule has 5 rings (SSSR count). The highest BCUT2D eigenvalue weighted by atomic mass is 32.1. The molecule has 0 bridgehead atoms. The number of para-hydroxylation sites is 2. The van der Waals surface area contributed by atoms with E-state index in [0.29, 0.717) is 28.6 Å². The molecule has 0 aliphatic carbocycles.